The lowest BCUT2D eigenvalue weighted by Gasteiger charge is -2.62. The van der Waals surface area contributed by atoms with Gasteiger partial charge in [-0.15, -0.1) is 0 Å². The van der Waals surface area contributed by atoms with E-state index in [1.165, 1.54) is 6.42 Å². The van der Waals surface area contributed by atoms with Crippen molar-refractivity contribution in [1.82, 2.24) is 0 Å². The molecule has 120 valence electrons. The van der Waals surface area contributed by atoms with Gasteiger partial charge in [-0.2, -0.15) is 0 Å². The molecule has 0 radical (unpaired) electrons. The minimum atomic E-state index is -0.965. The van der Waals surface area contributed by atoms with Gasteiger partial charge in [-0.05, 0) is 42.4 Å². The number of ether oxygens (including phenoxy) is 2. The summed E-state index contributed by atoms with van der Waals surface area (Å²) in [6.07, 6.45) is 4.32. The SMILES string of the molecule is CC1(C)C2CC1[C@@H](CCOCCOCC(=O)O)[C@H](C=O)C2. The molecule has 0 heterocycles. The van der Waals surface area contributed by atoms with Crippen molar-refractivity contribution in [3.63, 3.8) is 0 Å². The fourth-order valence-corrected chi connectivity index (χ4v) is 4.16. The number of hydrogen-bond donors (Lipinski definition) is 1. The van der Waals surface area contributed by atoms with Crippen LogP contribution in [0.1, 0.15) is 33.1 Å². The van der Waals surface area contributed by atoms with Crippen molar-refractivity contribution >= 4 is 12.3 Å². The number of fused-ring (bicyclic) bond motifs is 2. The number of aliphatic carboxylic acids is 1. The van der Waals surface area contributed by atoms with E-state index in [1.807, 2.05) is 0 Å². The van der Waals surface area contributed by atoms with Crippen molar-refractivity contribution < 1.29 is 24.2 Å². The zero-order valence-electron chi connectivity index (χ0n) is 12.9. The average molecular weight is 298 g/mol. The predicted molar refractivity (Wildman–Crippen MR) is 76.9 cm³/mol. The van der Waals surface area contributed by atoms with Gasteiger partial charge in [0, 0.05) is 12.5 Å². The lowest BCUT2D eigenvalue weighted by atomic mass is 9.43. The Morgan fingerprint density at radius 3 is 2.57 bits per heavy atom. The molecule has 0 amide bonds. The van der Waals surface area contributed by atoms with E-state index >= 15 is 0 Å². The molecule has 1 N–H and O–H groups in total. The Morgan fingerprint density at radius 1 is 1.24 bits per heavy atom. The highest BCUT2D eigenvalue weighted by atomic mass is 16.5. The summed E-state index contributed by atoms with van der Waals surface area (Å²) in [4.78, 5) is 21.5. The van der Waals surface area contributed by atoms with E-state index in [0.717, 1.165) is 19.1 Å². The van der Waals surface area contributed by atoms with Gasteiger partial charge < -0.3 is 19.4 Å². The maximum Gasteiger partial charge on any atom is 0.329 e. The second kappa shape index (κ2) is 6.88. The summed E-state index contributed by atoms with van der Waals surface area (Å²) in [6.45, 7) is 5.67. The first kappa shape index (κ1) is 16.4. The predicted octanol–water partition coefficient (Wildman–Crippen LogP) is 1.99. The molecule has 3 fully saturated rings. The molecule has 0 aliphatic heterocycles. The second-order valence-electron chi connectivity index (χ2n) is 6.91. The van der Waals surface area contributed by atoms with Gasteiger partial charge in [-0.1, -0.05) is 13.8 Å². The Kier molecular flexibility index (Phi) is 5.38. The summed E-state index contributed by atoms with van der Waals surface area (Å²) in [5, 5.41) is 8.43. The molecule has 3 aliphatic carbocycles. The van der Waals surface area contributed by atoms with Crippen LogP contribution in [0.4, 0.5) is 0 Å². The smallest absolute Gasteiger partial charge is 0.329 e. The van der Waals surface area contributed by atoms with E-state index in [-0.39, 0.29) is 12.5 Å². The van der Waals surface area contributed by atoms with Crippen LogP contribution in [0.25, 0.3) is 0 Å². The van der Waals surface area contributed by atoms with Gasteiger partial charge in [0.2, 0.25) is 0 Å². The third kappa shape index (κ3) is 3.64. The molecule has 2 bridgehead atoms. The molecule has 0 saturated heterocycles. The number of carbonyl (C=O) groups excluding carboxylic acids is 1. The summed E-state index contributed by atoms with van der Waals surface area (Å²) in [7, 11) is 0. The van der Waals surface area contributed by atoms with E-state index in [1.54, 1.807) is 0 Å². The molecule has 0 aromatic carbocycles. The van der Waals surface area contributed by atoms with Crippen molar-refractivity contribution in [3.8, 4) is 0 Å². The number of carboxylic acid groups (broad SMARTS) is 1. The molecule has 5 heteroatoms. The van der Waals surface area contributed by atoms with Crippen molar-refractivity contribution in [2.24, 2.45) is 29.1 Å². The molecular formula is C16H26O5. The van der Waals surface area contributed by atoms with Gasteiger partial charge in [0.05, 0.1) is 13.2 Å². The third-order valence-electron chi connectivity index (χ3n) is 5.54. The highest BCUT2D eigenvalue weighted by Gasteiger charge is 2.57. The Balaban J connectivity index is 1.67. The number of carboxylic acids is 1. The topological polar surface area (TPSA) is 72.8 Å². The van der Waals surface area contributed by atoms with Gasteiger partial charge in [-0.25, -0.2) is 4.79 Å². The normalized spacial score (nSPS) is 33.2. The molecule has 3 aliphatic rings. The molecule has 5 nitrogen and oxygen atoms in total. The van der Waals surface area contributed by atoms with Gasteiger partial charge >= 0.3 is 5.97 Å². The zero-order chi connectivity index (χ0) is 15.5. The molecule has 2 unspecified atom stereocenters. The monoisotopic (exact) mass is 298 g/mol. The number of rotatable bonds is 9. The van der Waals surface area contributed by atoms with Crippen LogP contribution in [0.3, 0.4) is 0 Å². The van der Waals surface area contributed by atoms with Crippen molar-refractivity contribution in [2.45, 2.75) is 33.1 Å². The van der Waals surface area contributed by atoms with Crippen LogP contribution in [0.15, 0.2) is 0 Å². The van der Waals surface area contributed by atoms with Crippen LogP contribution in [0, 0.1) is 29.1 Å². The quantitative estimate of drug-likeness (QED) is 0.520. The van der Waals surface area contributed by atoms with Gasteiger partial charge in [0.1, 0.15) is 12.9 Å². The lowest BCUT2D eigenvalue weighted by molar-refractivity contribution is -0.150. The van der Waals surface area contributed by atoms with Gasteiger partial charge in [0.15, 0.2) is 0 Å². The molecule has 21 heavy (non-hydrogen) atoms. The lowest BCUT2D eigenvalue weighted by Crippen LogP contribution is -2.56. The van der Waals surface area contributed by atoms with E-state index in [0.29, 0.717) is 43.0 Å². The molecule has 0 spiro atoms. The number of carbonyl (C=O) groups is 2. The molecule has 4 atom stereocenters. The van der Waals surface area contributed by atoms with Crippen molar-refractivity contribution in [2.75, 3.05) is 26.4 Å². The standard InChI is InChI=1S/C16H26O5/c1-16(2)12-7-11(9-17)13(14(16)8-12)3-4-20-5-6-21-10-15(18)19/h9,11-14H,3-8,10H2,1-2H3,(H,18,19)/t11-,12?,13-,14?/m0/s1. The largest absolute Gasteiger partial charge is 0.480 e. The summed E-state index contributed by atoms with van der Waals surface area (Å²) >= 11 is 0. The summed E-state index contributed by atoms with van der Waals surface area (Å²) in [6, 6.07) is 0. The van der Waals surface area contributed by atoms with E-state index in [9.17, 15) is 9.59 Å². The van der Waals surface area contributed by atoms with Gasteiger partial charge in [0.25, 0.3) is 0 Å². The maximum absolute atomic E-state index is 11.3. The van der Waals surface area contributed by atoms with Crippen LogP contribution in [-0.4, -0.2) is 43.8 Å². The van der Waals surface area contributed by atoms with Crippen LogP contribution in [0.5, 0.6) is 0 Å². The molecule has 3 saturated carbocycles. The minimum absolute atomic E-state index is 0.189. The number of aldehydes is 1. The van der Waals surface area contributed by atoms with E-state index in [4.69, 9.17) is 14.6 Å². The van der Waals surface area contributed by atoms with Gasteiger partial charge in [-0.3, -0.25) is 0 Å². The number of hydrogen-bond acceptors (Lipinski definition) is 4. The Morgan fingerprint density at radius 2 is 1.95 bits per heavy atom. The summed E-state index contributed by atoms with van der Waals surface area (Å²) in [5.41, 5.74) is 0.370. The molecular weight excluding hydrogens is 272 g/mol. The van der Waals surface area contributed by atoms with Crippen molar-refractivity contribution in [1.29, 1.82) is 0 Å². The van der Waals surface area contributed by atoms with Crippen LogP contribution in [-0.2, 0) is 19.1 Å². The second-order valence-corrected chi connectivity index (χ2v) is 6.91. The average Bonchev–Trinajstić information content (AvgIpc) is 2.45. The highest BCUT2D eigenvalue weighted by molar-refractivity contribution is 5.67. The summed E-state index contributed by atoms with van der Waals surface area (Å²) < 4.78 is 10.4. The highest BCUT2D eigenvalue weighted by Crippen LogP contribution is 2.63. The fraction of sp³-hybridized carbons (Fsp3) is 0.875. The van der Waals surface area contributed by atoms with E-state index < -0.39 is 5.97 Å². The first-order valence-corrected chi connectivity index (χ1v) is 7.79. The first-order valence-electron chi connectivity index (χ1n) is 7.79. The van der Waals surface area contributed by atoms with Crippen LogP contribution in [0.2, 0.25) is 0 Å². The first-order chi connectivity index (χ1) is 9.96. The van der Waals surface area contributed by atoms with Crippen LogP contribution < -0.4 is 0 Å². The Bertz CT molecular complexity index is 379. The third-order valence-corrected chi connectivity index (χ3v) is 5.54. The maximum atomic E-state index is 11.3. The fourth-order valence-electron chi connectivity index (χ4n) is 4.16. The zero-order valence-corrected chi connectivity index (χ0v) is 12.9. The molecule has 3 rings (SSSR count). The van der Waals surface area contributed by atoms with E-state index in [2.05, 4.69) is 13.8 Å². The molecule has 0 aromatic heterocycles. The van der Waals surface area contributed by atoms with Crippen LogP contribution >= 0.6 is 0 Å². The van der Waals surface area contributed by atoms with Crippen molar-refractivity contribution in [3.05, 3.63) is 0 Å². The minimum Gasteiger partial charge on any atom is -0.480 e. The molecule has 0 aromatic rings. The Labute approximate surface area is 126 Å². The summed E-state index contributed by atoms with van der Waals surface area (Å²) in [5.74, 6) is 1.00. The Hall–Kier alpha value is -0.940.